The van der Waals surface area contributed by atoms with E-state index >= 15 is 0 Å². The molecule has 1 aromatic rings. The fourth-order valence-corrected chi connectivity index (χ4v) is 7.09. The number of nitrogens with zero attached hydrogens (tertiary/aromatic N) is 4. The molecule has 0 bridgehead atoms. The van der Waals surface area contributed by atoms with Crippen LogP contribution in [0, 0.1) is 5.41 Å². The van der Waals surface area contributed by atoms with Gasteiger partial charge >= 0.3 is 12.3 Å². The van der Waals surface area contributed by atoms with Crippen LogP contribution < -0.4 is 9.80 Å². The number of ether oxygens (including phenoxy) is 1. The van der Waals surface area contributed by atoms with Crippen molar-refractivity contribution in [3.8, 4) is 0 Å². The summed E-state index contributed by atoms with van der Waals surface area (Å²) < 4.78 is 48.6. The molecule has 40 heavy (non-hydrogen) atoms. The molecule has 0 radical (unpaired) electrons. The Morgan fingerprint density at radius 1 is 0.950 bits per heavy atom. The van der Waals surface area contributed by atoms with Crippen molar-refractivity contribution in [1.29, 1.82) is 0 Å². The quantitative estimate of drug-likeness (QED) is 0.457. The number of anilines is 2. The van der Waals surface area contributed by atoms with Gasteiger partial charge in [-0.2, -0.15) is 13.2 Å². The zero-order valence-corrected chi connectivity index (χ0v) is 24.2. The largest absolute Gasteiger partial charge is 0.444 e. The predicted octanol–water partition coefficient (Wildman–Crippen LogP) is 5.91. The Morgan fingerprint density at radius 2 is 1.60 bits per heavy atom. The number of carbonyl (C=O) groups excluding carboxylic acids is 2. The third-order valence-corrected chi connectivity index (χ3v) is 9.36. The van der Waals surface area contributed by atoms with E-state index in [0.29, 0.717) is 50.1 Å². The molecule has 1 spiro atoms. The van der Waals surface area contributed by atoms with Crippen molar-refractivity contribution in [2.24, 2.45) is 5.41 Å². The first kappa shape index (κ1) is 29.0. The lowest BCUT2D eigenvalue weighted by Gasteiger charge is -2.40. The molecule has 4 heterocycles. The molecule has 0 aliphatic carbocycles. The fraction of sp³-hybridized carbons (Fsp3) is 0.733. The van der Waals surface area contributed by atoms with E-state index in [4.69, 9.17) is 4.74 Å². The molecule has 2 amide bonds. The molecule has 5 rings (SSSR count). The summed E-state index contributed by atoms with van der Waals surface area (Å²) in [6.45, 7) is 11.2. The third kappa shape index (κ3) is 5.78. The van der Waals surface area contributed by atoms with Crippen LogP contribution >= 0.6 is 0 Å². The van der Waals surface area contributed by atoms with Crippen molar-refractivity contribution in [2.45, 2.75) is 96.5 Å². The van der Waals surface area contributed by atoms with Gasteiger partial charge in [0, 0.05) is 50.5 Å². The fourth-order valence-electron chi connectivity index (χ4n) is 7.09. The molecule has 4 saturated heterocycles. The Kier molecular flexibility index (Phi) is 7.78. The number of piperidine rings is 2. The van der Waals surface area contributed by atoms with Crippen LogP contribution in [0.5, 0.6) is 0 Å². The molecule has 1 unspecified atom stereocenters. The minimum atomic E-state index is -4.58. The molecule has 1 atom stereocenters. The summed E-state index contributed by atoms with van der Waals surface area (Å²) >= 11 is 0. The zero-order valence-electron chi connectivity index (χ0n) is 24.2. The van der Waals surface area contributed by atoms with E-state index in [1.165, 1.54) is 29.9 Å². The molecule has 0 N–H and O–H groups in total. The number of amides is 2. The Balaban J connectivity index is 1.28. The van der Waals surface area contributed by atoms with Gasteiger partial charge in [-0.25, -0.2) is 4.79 Å². The van der Waals surface area contributed by atoms with Gasteiger partial charge < -0.3 is 19.4 Å². The zero-order chi connectivity index (χ0) is 28.9. The van der Waals surface area contributed by atoms with Crippen LogP contribution in [0.3, 0.4) is 0 Å². The second kappa shape index (κ2) is 10.7. The van der Waals surface area contributed by atoms with Crippen molar-refractivity contribution in [3.05, 3.63) is 23.8 Å². The lowest BCUT2D eigenvalue weighted by molar-refractivity contribution is -0.137. The molecule has 0 aromatic heterocycles. The molecule has 4 aliphatic rings. The maximum absolute atomic E-state index is 14.4. The van der Waals surface area contributed by atoms with Crippen molar-refractivity contribution >= 4 is 23.4 Å². The van der Waals surface area contributed by atoms with Crippen LogP contribution in [-0.2, 0) is 15.7 Å². The molecule has 1 aromatic carbocycles. The Labute approximate surface area is 235 Å². The summed E-state index contributed by atoms with van der Waals surface area (Å²) in [5.74, 6) is -0.268. The van der Waals surface area contributed by atoms with Crippen molar-refractivity contribution < 1.29 is 27.5 Å². The number of alkyl halides is 3. The topological polar surface area (TPSA) is 56.3 Å². The number of benzene rings is 1. The Hall–Kier alpha value is -2.49. The minimum Gasteiger partial charge on any atom is -0.444 e. The average molecular weight is 565 g/mol. The van der Waals surface area contributed by atoms with Gasteiger partial charge in [0.25, 0.3) is 0 Å². The molecule has 0 saturated carbocycles. The Morgan fingerprint density at radius 3 is 2.17 bits per heavy atom. The van der Waals surface area contributed by atoms with Crippen LogP contribution in [-0.4, -0.2) is 78.8 Å². The Bertz CT molecular complexity index is 1100. The summed E-state index contributed by atoms with van der Waals surface area (Å²) in [6.07, 6.45) is 0.656. The van der Waals surface area contributed by atoms with E-state index in [-0.39, 0.29) is 18.1 Å². The molecule has 4 fully saturated rings. The summed E-state index contributed by atoms with van der Waals surface area (Å²) in [6, 6.07) is 5.54. The standard InChI is InChI=1S/C30H43F3N4O3/c1-21-6-5-14-36(21)22-9-15-34(16-10-22)23-7-8-25(24(20-23)30(31,32)33)37-19-13-29(26(37)38)11-17-35(18-12-29)27(39)40-28(2,3)4/h7-8,20-22H,5-6,9-19H2,1-4H3. The van der Waals surface area contributed by atoms with E-state index in [0.717, 1.165) is 32.5 Å². The first-order valence-corrected chi connectivity index (χ1v) is 14.8. The molecule has 4 aliphatic heterocycles. The van der Waals surface area contributed by atoms with Crippen LogP contribution in [0.4, 0.5) is 29.3 Å². The van der Waals surface area contributed by atoms with Gasteiger partial charge in [-0.3, -0.25) is 9.69 Å². The van der Waals surface area contributed by atoms with E-state index in [1.54, 1.807) is 31.7 Å². The number of hydrogen-bond acceptors (Lipinski definition) is 5. The number of likely N-dealkylation sites (tertiary alicyclic amines) is 2. The van der Waals surface area contributed by atoms with E-state index in [1.807, 2.05) is 0 Å². The highest BCUT2D eigenvalue weighted by molar-refractivity contribution is 6.01. The number of rotatable bonds is 3. The van der Waals surface area contributed by atoms with E-state index < -0.39 is 28.8 Å². The van der Waals surface area contributed by atoms with Crippen molar-refractivity contribution in [3.63, 3.8) is 0 Å². The van der Waals surface area contributed by atoms with Gasteiger partial charge in [0.2, 0.25) is 5.91 Å². The van der Waals surface area contributed by atoms with Gasteiger partial charge in [0.05, 0.1) is 16.7 Å². The normalized spacial score (nSPS) is 24.8. The van der Waals surface area contributed by atoms with E-state index in [9.17, 15) is 22.8 Å². The smallest absolute Gasteiger partial charge is 0.418 e. The third-order valence-electron chi connectivity index (χ3n) is 9.36. The summed E-state index contributed by atoms with van der Waals surface area (Å²) in [5, 5.41) is 0. The molecular weight excluding hydrogens is 521 g/mol. The van der Waals surface area contributed by atoms with Gasteiger partial charge in [0.15, 0.2) is 0 Å². The first-order valence-electron chi connectivity index (χ1n) is 14.8. The highest BCUT2D eigenvalue weighted by atomic mass is 19.4. The van der Waals surface area contributed by atoms with Gasteiger partial charge in [-0.05, 0) is 97.4 Å². The average Bonchev–Trinajstić information content (AvgIpc) is 3.46. The predicted molar refractivity (Wildman–Crippen MR) is 149 cm³/mol. The van der Waals surface area contributed by atoms with Crippen LogP contribution in [0.2, 0.25) is 0 Å². The van der Waals surface area contributed by atoms with E-state index in [2.05, 4.69) is 16.7 Å². The first-order chi connectivity index (χ1) is 18.8. The van der Waals surface area contributed by atoms with Crippen LogP contribution in [0.25, 0.3) is 0 Å². The monoisotopic (exact) mass is 564 g/mol. The van der Waals surface area contributed by atoms with Crippen LogP contribution in [0.15, 0.2) is 18.2 Å². The summed E-state index contributed by atoms with van der Waals surface area (Å²) in [7, 11) is 0. The molecular formula is C30H43F3N4O3. The second-order valence-corrected chi connectivity index (χ2v) is 13.1. The van der Waals surface area contributed by atoms with Gasteiger partial charge in [-0.15, -0.1) is 0 Å². The van der Waals surface area contributed by atoms with Crippen molar-refractivity contribution in [2.75, 3.05) is 49.1 Å². The summed E-state index contributed by atoms with van der Waals surface area (Å²) in [4.78, 5) is 33.7. The maximum atomic E-state index is 14.4. The molecule has 10 heteroatoms. The highest BCUT2D eigenvalue weighted by Gasteiger charge is 2.51. The van der Waals surface area contributed by atoms with Gasteiger partial charge in [0.1, 0.15) is 5.60 Å². The maximum Gasteiger partial charge on any atom is 0.418 e. The SMILES string of the molecule is CC1CCCN1C1CCN(c2ccc(N3CCC4(CCN(C(=O)OC(C)(C)C)CC4)C3=O)c(C(F)(F)F)c2)CC1. The lowest BCUT2D eigenvalue weighted by Crippen LogP contribution is -2.48. The number of carbonyl (C=O) groups is 2. The van der Waals surface area contributed by atoms with Gasteiger partial charge in [-0.1, -0.05) is 0 Å². The molecule has 7 nitrogen and oxygen atoms in total. The number of hydrogen-bond donors (Lipinski definition) is 0. The highest BCUT2D eigenvalue weighted by Crippen LogP contribution is 2.47. The molecule has 222 valence electrons. The van der Waals surface area contributed by atoms with Crippen molar-refractivity contribution in [1.82, 2.24) is 9.80 Å². The second-order valence-electron chi connectivity index (χ2n) is 13.1. The lowest BCUT2D eigenvalue weighted by atomic mass is 9.77. The summed E-state index contributed by atoms with van der Waals surface area (Å²) in [5.41, 5.74) is -1.61. The number of halogens is 3. The van der Waals surface area contributed by atoms with Crippen LogP contribution in [0.1, 0.15) is 78.2 Å². The minimum absolute atomic E-state index is 0.0616.